The minimum atomic E-state index is 0.133. The van der Waals surface area contributed by atoms with Gasteiger partial charge in [-0.15, -0.1) is 10.2 Å². The highest BCUT2D eigenvalue weighted by molar-refractivity contribution is 5.53. The topological polar surface area (TPSA) is 61.8 Å². The third-order valence-electron chi connectivity index (χ3n) is 5.37. The van der Waals surface area contributed by atoms with Crippen LogP contribution in [0.15, 0.2) is 52.9 Å². The first kappa shape index (κ1) is 18.5. The molecule has 1 unspecified atom stereocenters. The molecule has 2 atom stereocenters. The third-order valence-corrected chi connectivity index (χ3v) is 5.37. The summed E-state index contributed by atoms with van der Waals surface area (Å²) < 4.78 is 16.5. The zero-order valence-electron chi connectivity index (χ0n) is 16.5. The molecule has 0 bridgehead atoms. The van der Waals surface area contributed by atoms with Crippen LogP contribution in [0.4, 0.5) is 0 Å². The number of ether oxygens (including phenoxy) is 2. The lowest BCUT2D eigenvalue weighted by atomic mass is 10.1. The van der Waals surface area contributed by atoms with Crippen LogP contribution in [-0.2, 0) is 6.54 Å². The molecule has 1 saturated carbocycles. The van der Waals surface area contributed by atoms with E-state index in [0.29, 0.717) is 17.8 Å². The standard InChI is InChI=1S/C22H25N3O3/c1-15(21-23-24-22(28-21)17-6-12-20(27-3)13-7-17)25(18-8-9-18)14-16-4-10-19(26-2)11-5-16/h4-7,10-13,15,18H,8-9,14H2,1-3H3/p+1/t15-/m0/s1. The van der Waals surface area contributed by atoms with Gasteiger partial charge in [0, 0.05) is 24.0 Å². The number of hydrogen-bond donors (Lipinski definition) is 1. The Morgan fingerprint density at radius 1 is 0.964 bits per heavy atom. The maximum absolute atomic E-state index is 6.03. The lowest BCUT2D eigenvalue weighted by Gasteiger charge is -2.23. The molecule has 0 saturated heterocycles. The van der Waals surface area contributed by atoms with E-state index in [1.165, 1.54) is 23.3 Å². The molecule has 6 nitrogen and oxygen atoms in total. The maximum Gasteiger partial charge on any atom is 0.274 e. The Bertz CT molecular complexity index is 902. The summed E-state index contributed by atoms with van der Waals surface area (Å²) in [5, 5.41) is 8.61. The molecule has 0 spiro atoms. The Hall–Kier alpha value is -2.86. The van der Waals surface area contributed by atoms with Crippen molar-refractivity contribution in [1.29, 1.82) is 0 Å². The van der Waals surface area contributed by atoms with Gasteiger partial charge in [0.1, 0.15) is 18.0 Å². The second-order valence-electron chi connectivity index (χ2n) is 7.27. The van der Waals surface area contributed by atoms with Gasteiger partial charge in [0.2, 0.25) is 5.89 Å². The maximum atomic E-state index is 6.03. The molecule has 1 fully saturated rings. The fourth-order valence-corrected chi connectivity index (χ4v) is 3.50. The summed E-state index contributed by atoms with van der Waals surface area (Å²) in [7, 11) is 3.34. The summed E-state index contributed by atoms with van der Waals surface area (Å²) in [6.07, 6.45) is 2.49. The van der Waals surface area contributed by atoms with Crippen LogP contribution >= 0.6 is 0 Å². The van der Waals surface area contributed by atoms with Gasteiger partial charge in [-0.1, -0.05) is 0 Å². The third kappa shape index (κ3) is 4.02. The minimum Gasteiger partial charge on any atom is -0.497 e. The van der Waals surface area contributed by atoms with Gasteiger partial charge >= 0.3 is 0 Å². The second kappa shape index (κ2) is 8.02. The Morgan fingerprint density at radius 3 is 2.14 bits per heavy atom. The first-order valence-electron chi connectivity index (χ1n) is 9.64. The van der Waals surface area contributed by atoms with Crippen LogP contribution in [0, 0.1) is 0 Å². The molecule has 1 aliphatic carbocycles. The molecular formula is C22H26N3O3+. The summed E-state index contributed by atoms with van der Waals surface area (Å²) in [5.41, 5.74) is 2.18. The fraction of sp³-hybridized carbons (Fsp3) is 0.364. The molecule has 146 valence electrons. The van der Waals surface area contributed by atoms with Crippen molar-refractivity contribution in [3.05, 3.63) is 60.0 Å². The van der Waals surface area contributed by atoms with Gasteiger partial charge in [-0.3, -0.25) is 0 Å². The summed E-state index contributed by atoms with van der Waals surface area (Å²) >= 11 is 0. The zero-order chi connectivity index (χ0) is 19.5. The highest BCUT2D eigenvalue weighted by Crippen LogP contribution is 2.24. The van der Waals surface area contributed by atoms with Gasteiger partial charge in [-0.25, -0.2) is 0 Å². The molecular weight excluding hydrogens is 354 g/mol. The largest absolute Gasteiger partial charge is 0.497 e. The van der Waals surface area contributed by atoms with Crippen molar-refractivity contribution in [2.24, 2.45) is 0 Å². The van der Waals surface area contributed by atoms with Crippen LogP contribution in [0.25, 0.3) is 11.5 Å². The van der Waals surface area contributed by atoms with Crippen molar-refractivity contribution in [3.8, 4) is 23.0 Å². The first-order valence-corrected chi connectivity index (χ1v) is 9.64. The molecule has 6 heteroatoms. The van der Waals surface area contributed by atoms with E-state index in [0.717, 1.165) is 23.6 Å². The van der Waals surface area contributed by atoms with Crippen LogP contribution in [0.2, 0.25) is 0 Å². The number of benzene rings is 2. The number of hydrogen-bond acceptors (Lipinski definition) is 5. The van der Waals surface area contributed by atoms with Crippen LogP contribution in [-0.4, -0.2) is 30.5 Å². The summed E-state index contributed by atoms with van der Waals surface area (Å²) in [6, 6.07) is 16.7. The number of nitrogens with zero attached hydrogens (tertiary/aromatic N) is 2. The van der Waals surface area contributed by atoms with E-state index in [-0.39, 0.29) is 6.04 Å². The molecule has 28 heavy (non-hydrogen) atoms. The van der Waals surface area contributed by atoms with Gasteiger partial charge < -0.3 is 18.8 Å². The van der Waals surface area contributed by atoms with Gasteiger partial charge in [0.15, 0.2) is 6.04 Å². The predicted octanol–water partition coefficient (Wildman–Crippen LogP) is 3.06. The van der Waals surface area contributed by atoms with Crippen molar-refractivity contribution in [3.63, 3.8) is 0 Å². The molecule has 4 rings (SSSR count). The Labute approximate surface area is 165 Å². The van der Waals surface area contributed by atoms with E-state index in [1.807, 2.05) is 36.4 Å². The molecule has 0 radical (unpaired) electrons. The van der Waals surface area contributed by atoms with Crippen molar-refractivity contribution in [2.45, 2.75) is 38.4 Å². The molecule has 0 amide bonds. The number of nitrogens with one attached hydrogen (secondary N) is 1. The van der Waals surface area contributed by atoms with Gasteiger partial charge in [-0.05, 0) is 55.5 Å². The fourth-order valence-electron chi connectivity index (χ4n) is 3.50. The quantitative estimate of drug-likeness (QED) is 0.651. The van der Waals surface area contributed by atoms with Gasteiger partial charge in [-0.2, -0.15) is 0 Å². The lowest BCUT2D eigenvalue weighted by molar-refractivity contribution is -0.955. The predicted molar refractivity (Wildman–Crippen MR) is 105 cm³/mol. The van der Waals surface area contributed by atoms with Gasteiger partial charge in [0.05, 0.1) is 20.3 Å². The molecule has 3 aromatic rings. The number of quaternary nitrogens is 1. The van der Waals surface area contributed by atoms with E-state index >= 15 is 0 Å². The summed E-state index contributed by atoms with van der Waals surface area (Å²) in [6.45, 7) is 3.10. The Morgan fingerprint density at radius 2 is 1.57 bits per heavy atom. The Kier molecular flexibility index (Phi) is 5.30. The van der Waals surface area contributed by atoms with Crippen LogP contribution < -0.4 is 14.4 Å². The number of rotatable bonds is 8. The van der Waals surface area contributed by atoms with E-state index < -0.39 is 0 Å². The van der Waals surface area contributed by atoms with E-state index in [9.17, 15) is 0 Å². The van der Waals surface area contributed by atoms with Crippen LogP contribution in [0.3, 0.4) is 0 Å². The molecule has 1 aromatic heterocycles. The molecule has 1 heterocycles. The monoisotopic (exact) mass is 380 g/mol. The average Bonchev–Trinajstić information content (AvgIpc) is 3.47. The lowest BCUT2D eigenvalue weighted by Crippen LogP contribution is -3.12. The van der Waals surface area contributed by atoms with Crippen molar-refractivity contribution < 1.29 is 18.8 Å². The smallest absolute Gasteiger partial charge is 0.274 e. The minimum absolute atomic E-state index is 0.133. The zero-order valence-corrected chi connectivity index (χ0v) is 16.5. The van der Waals surface area contributed by atoms with Crippen molar-refractivity contribution >= 4 is 0 Å². The molecule has 0 aliphatic heterocycles. The normalized spacial score (nSPS) is 15.8. The van der Waals surface area contributed by atoms with Crippen molar-refractivity contribution in [2.75, 3.05) is 14.2 Å². The van der Waals surface area contributed by atoms with E-state index in [4.69, 9.17) is 13.9 Å². The molecule has 1 aliphatic rings. The van der Waals surface area contributed by atoms with E-state index in [2.05, 4.69) is 29.3 Å². The molecule has 1 N–H and O–H groups in total. The summed E-state index contributed by atoms with van der Waals surface area (Å²) in [4.78, 5) is 1.47. The first-order chi connectivity index (χ1) is 13.7. The average molecular weight is 380 g/mol. The SMILES string of the molecule is COc1ccc(C[NH+](C2CC2)[C@@H](C)c2nnc(-c3ccc(OC)cc3)o2)cc1. The van der Waals surface area contributed by atoms with E-state index in [1.54, 1.807) is 14.2 Å². The number of aromatic nitrogens is 2. The van der Waals surface area contributed by atoms with Gasteiger partial charge in [0.25, 0.3) is 5.89 Å². The second-order valence-corrected chi connectivity index (χ2v) is 7.27. The van der Waals surface area contributed by atoms with Crippen LogP contribution in [0.1, 0.15) is 37.3 Å². The summed E-state index contributed by atoms with van der Waals surface area (Å²) in [5.74, 6) is 2.91. The number of methoxy groups -OCH3 is 2. The molecule has 2 aromatic carbocycles. The highest BCUT2D eigenvalue weighted by Gasteiger charge is 2.39. The van der Waals surface area contributed by atoms with Crippen molar-refractivity contribution in [1.82, 2.24) is 10.2 Å². The highest BCUT2D eigenvalue weighted by atomic mass is 16.5. The van der Waals surface area contributed by atoms with Crippen LogP contribution in [0.5, 0.6) is 11.5 Å². The Balaban J connectivity index is 1.50.